The van der Waals surface area contributed by atoms with Crippen LogP contribution in [0.5, 0.6) is 11.5 Å². The standard InChI is InChI=1S/C24H30N4O5S/c1-4-5-12-28-20-8-7-18(34(30,31)27(2)3)16-19(20)26-23(28)10-11-24(29)25-17-6-9-21-22(15-17)33-14-13-32-21/h6-9,15-16H,4-5,10-14H2,1-3H3,(H,25,29). The van der Waals surface area contributed by atoms with E-state index in [9.17, 15) is 13.2 Å². The highest BCUT2D eigenvalue weighted by atomic mass is 32.2. The Balaban J connectivity index is 1.52. The molecule has 0 saturated heterocycles. The first-order valence-electron chi connectivity index (χ1n) is 11.4. The number of ether oxygens (including phenoxy) is 2. The molecular formula is C24H30N4O5S. The minimum Gasteiger partial charge on any atom is -0.486 e. The second kappa shape index (κ2) is 10.0. The highest BCUT2D eigenvalue weighted by Crippen LogP contribution is 2.32. The Hall–Kier alpha value is -3.11. The van der Waals surface area contributed by atoms with Crippen molar-refractivity contribution in [1.82, 2.24) is 13.9 Å². The lowest BCUT2D eigenvalue weighted by atomic mass is 10.2. The number of sulfonamides is 1. The van der Waals surface area contributed by atoms with Gasteiger partial charge in [-0.3, -0.25) is 4.79 Å². The predicted molar refractivity (Wildman–Crippen MR) is 130 cm³/mol. The van der Waals surface area contributed by atoms with E-state index >= 15 is 0 Å². The fourth-order valence-corrected chi connectivity index (χ4v) is 4.78. The Morgan fingerprint density at radius 3 is 2.62 bits per heavy atom. The molecule has 182 valence electrons. The zero-order valence-corrected chi connectivity index (χ0v) is 20.5. The van der Waals surface area contributed by atoms with Gasteiger partial charge in [-0.2, -0.15) is 0 Å². The van der Waals surface area contributed by atoms with Crippen LogP contribution in [0.1, 0.15) is 32.0 Å². The fraction of sp³-hybridized carbons (Fsp3) is 0.417. The molecule has 0 fully saturated rings. The molecule has 2 aromatic carbocycles. The van der Waals surface area contributed by atoms with Crippen LogP contribution in [0.4, 0.5) is 5.69 Å². The topological polar surface area (TPSA) is 103 Å². The monoisotopic (exact) mass is 486 g/mol. The summed E-state index contributed by atoms with van der Waals surface area (Å²) in [5, 5.41) is 2.90. The maximum atomic E-state index is 12.6. The van der Waals surface area contributed by atoms with Gasteiger partial charge < -0.3 is 19.4 Å². The van der Waals surface area contributed by atoms with Crippen molar-refractivity contribution in [3.05, 3.63) is 42.2 Å². The van der Waals surface area contributed by atoms with Gasteiger partial charge in [0.1, 0.15) is 19.0 Å². The van der Waals surface area contributed by atoms with Gasteiger partial charge in [0, 0.05) is 45.2 Å². The first kappa shape index (κ1) is 24.0. The van der Waals surface area contributed by atoms with E-state index in [0.29, 0.717) is 42.3 Å². The number of benzene rings is 2. The van der Waals surface area contributed by atoms with Crippen molar-refractivity contribution in [3.8, 4) is 11.5 Å². The van der Waals surface area contributed by atoms with Crippen LogP contribution >= 0.6 is 0 Å². The predicted octanol–water partition coefficient (Wildman–Crippen LogP) is 3.43. The number of nitrogens with one attached hydrogen (secondary N) is 1. The first-order valence-corrected chi connectivity index (χ1v) is 12.8. The molecule has 3 aromatic rings. The van der Waals surface area contributed by atoms with Gasteiger partial charge in [-0.15, -0.1) is 0 Å². The van der Waals surface area contributed by atoms with Crippen molar-refractivity contribution in [2.45, 2.75) is 44.0 Å². The van der Waals surface area contributed by atoms with Gasteiger partial charge in [-0.1, -0.05) is 13.3 Å². The SMILES string of the molecule is CCCCn1c(CCC(=O)Nc2ccc3c(c2)OCCO3)nc2cc(S(=O)(=O)N(C)C)ccc21. The van der Waals surface area contributed by atoms with E-state index in [0.717, 1.165) is 30.7 Å². The number of carbonyl (C=O) groups is 1. The molecule has 1 aliphatic heterocycles. The molecular weight excluding hydrogens is 456 g/mol. The molecule has 10 heteroatoms. The molecule has 0 aliphatic carbocycles. The van der Waals surface area contributed by atoms with E-state index in [-0.39, 0.29) is 17.2 Å². The fourth-order valence-electron chi connectivity index (χ4n) is 3.86. The molecule has 4 rings (SSSR count). The summed E-state index contributed by atoms with van der Waals surface area (Å²) >= 11 is 0. The number of hydrogen-bond donors (Lipinski definition) is 1. The van der Waals surface area contributed by atoms with Crippen LogP contribution in [0.15, 0.2) is 41.3 Å². The van der Waals surface area contributed by atoms with Crippen molar-refractivity contribution >= 4 is 32.7 Å². The summed E-state index contributed by atoms with van der Waals surface area (Å²) in [5.41, 5.74) is 2.13. The maximum absolute atomic E-state index is 12.6. The van der Waals surface area contributed by atoms with E-state index in [1.165, 1.54) is 18.4 Å². The molecule has 0 bridgehead atoms. The van der Waals surface area contributed by atoms with Crippen LogP contribution in [0.3, 0.4) is 0 Å². The summed E-state index contributed by atoms with van der Waals surface area (Å²) in [4.78, 5) is 17.6. The number of aromatic nitrogens is 2. The molecule has 1 aliphatic rings. The van der Waals surface area contributed by atoms with Gasteiger partial charge in [-0.05, 0) is 36.8 Å². The number of anilines is 1. The van der Waals surface area contributed by atoms with E-state index in [1.54, 1.807) is 36.4 Å². The Labute approximate surface area is 199 Å². The van der Waals surface area contributed by atoms with Crippen molar-refractivity contribution in [1.29, 1.82) is 0 Å². The summed E-state index contributed by atoms with van der Waals surface area (Å²) in [7, 11) is -0.545. The second-order valence-corrected chi connectivity index (χ2v) is 10.5. The number of carbonyl (C=O) groups excluding carboxylic acids is 1. The number of amides is 1. The third kappa shape index (κ3) is 5.02. The minimum atomic E-state index is -3.56. The van der Waals surface area contributed by atoms with E-state index < -0.39 is 10.0 Å². The lowest BCUT2D eigenvalue weighted by Gasteiger charge is -2.19. The smallest absolute Gasteiger partial charge is 0.242 e. The molecule has 1 aromatic heterocycles. The zero-order chi connectivity index (χ0) is 24.3. The molecule has 9 nitrogen and oxygen atoms in total. The molecule has 0 saturated carbocycles. The van der Waals surface area contributed by atoms with Gasteiger partial charge in [-0.25, -0.2) is 17.7 Å². The zero-order valence-electron chi connectivity index (χ0n) is 19.7. The number of nitrogens with zero attached hydrogens (tertiary/aromatic N) is 3. The molecule has 34 heavy (non-hydrogen) atoms. The van der Waals surface area contributed by atoms with Crippen LogP contribution < -0.4 is 14.8 Å². The van der Waals surface area contributed by atoms with Crippen molar-refractivity contribution in [3.63, 3.8) is 0 Å². The maximum Gasteiger partial charge on any atom is 0.242 e. The van der Waals surface area contributed by atoms with Gasteiger partial charge in [0.2, 0.25) is 15.9 Å². The van der Waals surface area contributed by atoms with Crippen LogP contribution in [-0.2, 0) is 27.8 Å². The average molecular weight is 487 g/mol. The molecule has 0 unspecified atom stereocenters. The number of fused-ring (bicyclic) bond motifs is 2. The van der Waals surface area contributed by atoms with Crippen LogP contribution in [-0.4, -0.2) is 55.5 Å². The number of unbranched alkanes of at least 4 members (excludes halogenated alkanes) is 1. The third-order valence-corrected chi connectivity index (χ3v) is 7.53. The summed E-state index contributed by atoms with van der Waals surface area (Å²) in [6.45, 7) is 3.86. The normalized spacial score (nSPS) is 13.4. The van der Waals surface area contributed by atoms with Crippen LogP contribution in [0, 0.1) is 0 Å². The van der Waals surface area contributed by atoms with E-state index in [1.807, 2.05) is 0 Å². The molecule has 2 heterocycles. The summed E-state index contributed by atoms with van der Waals surface area (Å²) in [5.74, 6) is 1.92. The quantitative estimate of drug-likeness (QED) is 0.497. The highest BCUT2D eigenvalue weighted by molar-refractivity contribution is 7.89. The summed E-state index contributed by atoms with van der Waals surface area (Å²) in [6, 6.07) is 10.3. The average Bonchev–Trinajstić information content (AvgIpc) is 3.17. The van der Waals surface area contributed by atoms with E-state index in [2.05, 4.69) is 16.8 Å². The van der Waals surface area contributed by atoms with Crippen LogP contribution in [0.2, 0.25) is 0 Å². The third-order valence-electron chi connectivity index (χ3n) is 5.71. The summed E-state index contributed by atoms with van der Waals surface area (Å²) in [6.07, 6.45) is 2.65. The number of imidazole rings is 1. The minimum absolute atomic E-state index is 0.137. The summed E-state index contributed by atoms with van der Waals surface area (Å²) < 4.78 is 39.4. The Kier molecular flexibility index (Phi) is 7.08. The molecule has 0 spiro atoms. The molecule has 1 amide bonds. The number of hydrogen-bond acceptors (Lipinski definition) is 6. The first-order chi connectivity index (χ1) is 16.3. The van der Waals surface area contributed by atoms with Gasteiger partial charge in [0.05, 0.1) is 15.9 Å². The Morgan fingerprint density at radius 1 is 1.12 bits per heavy atom. The molecule has 0 radical (unpaired) electrons. The molecule has 0 atom stereocenters. The number of aryl methyl sites for hydroxylation is 2. The largest absolute Gasteiger partial charge is 0.486 e. The van der Waals surface area contributed by atoms with Gasteiger partial charge >= 0.3 is 0 Å². The highest BCUT2D eigenvalue weighted by Gasteiger charge is 2.20. The van der Waals surface area contributed by atoms with Crippen molar-refractivity contribution in [2.75, 3.05) is 32.6 Å². The van der Waals surface area contributed by atoms with Crippen molar-refractivity contribution in [2.24, 2.45) is 0 Å². The van der Waals surface area contributed by atoms with Gasteiger partial charge in [0.25, 0.3) is 0 Å². The van der Waals surface area contributed by atoms with Crippen molar-refractivity contribution < 1.29 is 22.7 Å². The lowest BCUT2D eigenvalue weighted by molar-refractivity contribution is -0.116. The molecule has 1 N–H and O–H groups in total. The van der Waals surface area contributed by atoms with Gasteiger partial charge in [0.15, 0.2) is 11.5 Å². The van der Waals surface area contributed by atoms with E-state index in [4.69, 9.17) is 14.5 Å². The number of rotatable bonds is 9. The van der Waals surface area contributed by atoms with Crippen LogP contribution in [0.25, 0.3) is 11.0 Å². The lowest BCUT2D eigenvalue weighted by Crippen LogP contribution is -2.22. The Bertz CT molecular complexity index is 1300. The Morgan fingerprint density at radius 2 is 1.88 bits per heavy atom. The second-order valence-electron chi connectivity index (χ2n) is 8.38.